The van der Waals surface area contributed by atoms with Crippen molar-refractivity contribution in [2.24, 2.45) is 0 Å². The Balaban J connectivity index is 2.13. The minimum atomic E-state index is -0.130. The van der Waals surface area contributed by atoms with E-state index in [-0.39, 0.29) is 5.78 Å². The van der Waals surface area contributed by atoms with Crippen molar-refractivity contribution in [1.82, 2.24) is 0 Å². The van der Waals surface area contributed by atoms with Gasteiger partial charge in [0, 0.05) is 17.6 Å². The normalized spacial score (nSPS) is 13.9. The summed E-state index contributed by atoms with van der Waals surface area (Å²) in [4.78, 5) is 13.2. The summed E-state index contributed by atoms with van der Waals surface area (Å²) in [7, 11) is 9.20. The molecule has 0 fully saturated rings. The van der Waals surface area contributed by atoms with Gasteiger partial charge in [0.15, 0.2) is 28.8 Å². The number of allylic oxidation sites excluding steroid dienone is 1. The second-order valence-corrected chi connectivity index (χ2v) is 6.28. The van der Waals surface area contributed by atoms with Crippen LogP contribution < -0.4 is 28.4 Å². The van der Waals surface area contributed by atoms with Crippen LogP contribution in [0.25, 0.3) is 6.08 Å². The van der Waals surface area contributed by atoms with Crippen molar-refractivity contribution in [1.29, 1.82) is 0 Å². The number of Topliss-reactive ketones (excluding diaryl/α,β-unsaturated/α-hetero) is 1. The van der Waals surface area contributed by atoms with E-state index in [9.17, 15) is 4.79 Å². The Kier molecular flexibility index (Phi) is 5.87. The van der Waals surface area contributed by atoms with Gasteiger partial charge < -0.3 is 28.4 Å². The molecule has 2 aromatic carbocycles. The van der Waals surface area contributed by atoms with Crippen molar-refractivity contribution in [3.05, 3.63) is 40.5 Å². The quantitative estimate of drug-likeness (QED) is 0.658. The highest BCUT2D eigenvalue weighted by Gasteiger charge is 2.33. The molecule has 2 aromatic rings. The van der Waals surface area contributed by atoms with Gasteiger partial charge in [-0.25, -0.2) is 0 Å². The Morgan fingerprint density at radius 3 is 1.86 bits per heavy atom. The van der Waals surface area contributed by atoms with Crippen LogP contribution in [0, 0.1) is 0 Å². The van der Waals surface area contributed by atoms with Gasteiger partial charge in [0.2, 0.25) is 11.5 Å². The molecule has 0 radical (unpaired) electrons. The third-order valence-corrected chi connectivity index (χ3v) is 4.88. The number of rotatable bonds is 7. The molecule has 0 aliphatic heterocycles. The van der Waals surface area contributed by atoms with E-state index in [1.54, 1.807) is 39.5 Å². The number of methoxy groups -OCH3 is 6. The maximum absolute atomic E-state index is 13.2. The van der Waals surface area contributed by atoms with Crippen molar-refractivity contribution in [2.45, 2.75) is 6.42 Å². The average molecular weight is 400 g/mol. The Morgan fingerprint density at radius 2 is 1.31 bits per heavy atom. The van der Waals surface area contributed by atoms with E-state index in [1.807, 2.05) is 6.07 Å². The molecule has 1 aliphatic rings. The van der Waals surface area contributed by atoms with Crippen LogP contribution in [0.15, 0.2) is 23.8 Å². The molecule has 0 aromatic heterocycles. The molecule has 0 atom stereocenters. The van der Waals surface area contributed by atoms with Gasteiger partial charge in [-0.1, -0.05) is 0 Å². The van der Waals surface area contributed by atoms with Crippen molar-refractivity contribution in [2.75, 3.05) is 42.7 Å². The fourth-order valence-electron chi connectivity index (χ4n) is 3.58. The predicted molar refractivity (Wildman–Crippen MR) is 108 cm³/mol. The van der Waals surface area contributed by atoms with Gasteiger partial charge in [-0.2, -0.15) is 0 Å². The zero-order valence-corrected chi connectivity index (χ0v) is 17.4. The zero-order chi connectivity index (χ0) is 21.1. The molecule has 0 heterocycles. The summed E-state index contributed by atoms with van der Waals surface area (Å²) in [6.45, 7) is 0. The van der Waals surface area contributed by atoms with Crippen LogP contribution >= 0.6 is 0 Å². The third kappa shape index (κ3) is 3.33. The van der Waals surface area contributed by atoms with Gasteiger partial charge >= 0.3 is 0 Å². The molecule has 1 aliphatic carbocycles. The highest BCUT2D eigenvalue weighted by Crippen LogP contribution is 2.47. The van der Waals surface area contributed by atoms with Crippen LogP contribution in [0.2, 0.25) is 0 Å². The number of ketones is 1. The van der Waals surface area contributed by atoms with Crippen LogP contribution in [0.5, 0.6) is 34.5 Å². The lowest BCUT2D eigenvalue weighted by Crippen LogP contribution is -2.03. The Hall–Kier alpha value is -3.35. The van der Waals surface area contributed by atoms with Crippen LogP contribution in [0.3, 0.4) is 0 Å². The lowest BCUT2D eigenvalue weighted by Gasteiger charge is -2.15. The highest BCUT2D eigenvalue weighted by molar-refractivity contribution is 6.18. The van der Waals surface area contributed by atoms with Gasteiger partial charge in [0.25, 0.3) is 0 Å². The van der Waals surface area contributed by atoms with Gasteiger partial charge in [0.05, 0.1) is 48.2 Å². The number of carbonyl (C=O) groups excluding carboxylic acids is 1. The first kappa shape index (κ1) is 20.4. The number of fused-ring (bicyclic) bond motifs is 1. The standard InChI is InChI=1S/C22H24O7/c1-24-15-8-7-12(19(26-3)20(15)27-4)9-14-10-13-11-16(25-2)21(28-5)22(29-6)17(13)18(14)23/h7-9,11H,10H2,1-6H3/b14-9+. The first-order chi connectivity index (χ1) is 14.0. The lowest BCUT2D eigenvalue weighted by atomic mass is 10.1. The molecule has 0 N–H and O–H groups in total. The monoisotopic (exact) mass is 400 g/mol. The van der Waals surface area contributed by atoms with Crippen molar-refractivity contribution < 1.29 is 33.2 Å². The molecule has 7 heteroatoms. The summed E-state index contributed by atoms with van der Waals surface area (Å²) >= 11 is 0. The van der Waals surface area contributed by atoms with E-state index < -0.39 is 0 Å². The highest BCUT2D eigenvalue weighted by atomic mass is 16.5. The lowest BCUT2D eigenvalue weighted by molar-refractivity contribution is 0.103. The Labute approximate surface area is 169 Å². The fourth-order valence-corrected chi connectivity index (χ4v) is 3.58. The number of benzene rings is 2. The molecule has 0 saturated carbocycles. The van der Waals surface area contributed by atoms with Crippen LogP contribution in [-0.4, -0.2) is 48.4 Å². The van der Waals surface area contributed by atoms with Crippen LogP contribution in [0.1, 0.15) is 21.5 Å². The molecule has 29 heavy (non-hydrogen) atoms. The summed E-state index contributed by atoms with van der Waals surface area (Å²) in [6, 6.07) is 5.40. The number of carbonyl (C=O) groups is 1. The van der Waals surface area contributed by atoms with Gasteiger partial charge in [-0.05, 0) is 29.8 Å². The van der Waals surface area contributed by atoms with E-state index >= 15 is 0 Å². The summed E-state index contributed by atoms with van der Waals surface area (Å²) in [5.41, 5.74) is 2.60. The zero-order valence-electron chi connectivity index (χ0n) is 17.4. The second-order valence-electron chi connectivity index (χ2n) is 6.28. The van der Waals surface area contributed by atoms with E-state index in [1.165, 1.54) is 21.3 Å². The van der Waals surface area contributed by atoms with Crippen LogP contribution in [-0.2, 0) is 6.42 Å². The number of ether oxygens (including phenoxy) is 6. The molecule has 0 bridgehead atoms. The third-order valence-electron chi connectivity index (χ3n) is 4.88. The molecular weight excluding hydrogens is 376 g/mol. The van der Waals surface area contributed by atoms with E-state index in [4.69, 9.17) is 28.4 Å². The van der Waals surface area contributed by atoms with Gasteiger partial charge in [0.1, 0.15) is 0 Å². The van der Waals surface area contributed by atoms with Gasteiger partial charge in [-0.15, -0.1) is 0 Å². The van der Waals surface area contributed by atoms with Crippen molar-refractivity contribution in [3.8, 4) is 34.5 Å². The van der Waals surface area contributed by atoms with Crippen molar-refractivity contribution in [3.63, 3.8) is 0 Å². The molecular formula is C22H24O7. The Bertz CT molecular complexity index is 976. The SMILES string of the molecule is COc1ccc(/C=C2\Cc3cc(OC)c(OC)c(OC)c3C2=O)c(OC)c1OC. The first-order valence-corrected chi connectivity index (χ1v) is 8.90. The smallest absolute Gasteiger partial charge is 0.204 e. The summed E-state index contributed by atoms with van der Waals surface area (Å²) in [5.74, 6) is 2.65. The molecule has 154 valence electrons. The molecule has 3 rings (SSSR count). The van der Waals surface area contributed by atoms with E-state index in [0.717, 1.165) is 5.56 Å². The minimum absolute atomic E-state index is 0.130. The Morgan fingerprint density at radius 1 is 0.724 bits per heavy atom. The largest absolute Gasteiger partial charge is 0.493 e. The maximum atomic E-state index is 13.2. The summed E-state index contributed by atoms with van der Waals surface area (Å²) < 4.78 is 32.6. The molecule has 0 unspecified atom stereocenters. The molecule has 7 nitrogen and oxygen atoms in total. The molecule has 0 spiro atoms. The minimum Gasteiger partial charge on any atom is -0.493 e. The van der Waals surface area contributed by atoms with Crippen molar-refractivity contribution >= 4 is 11.9 Å². The first-order valence-electron chi connectivity index (χ1n) is 8.90. The van der Waals surface area contributed by atoms with E-state index in [0.29, 0.717) is 57.6 Å². The maximum Gasteiger partial charge on any atom is 0.204 e. The van der Waals surface area contributed by atoms with Crippen LogP contribution in [0.4, 0.5) is 0 Å². The summed E-state index contributed by atoms with van der Waals surface area (Å²) in [6.07, 6.45) is 2.23. The topological polar surface area (TPSA) is 72.5 Å². The molecule has 0 saturated heterocycles. The average Bonchev–Trinajstić information content (AvgIpc) is 3.06. The predicted octanol–water partition coefficient (Wildman–Crippen LogP) is 3.56. The second kappa shape index (κ2) is 8.34. The van der Waals surface area contributed by atoms with E-state index in [2.05, 4.69) is 0 Å². The number of hydrogen-bond acceptors (Lipinski definition) is 7. The summed E-state index contributed by atoms with van der Waals surface area (Å²) in [5, 5.41) is 0. The van der Waals surface area contributed by atoms with Gasteiger partial charge in [-0.3, -0.25) is 4.79 Å². The number of hydrogen-bond donors (Lipinski definition) is 0. The molecule has 0 amide bonds. The fraction of sp³-hybridized carbons (Fsp3) is 0.318.